The molecule has 0 aliphatic rings. The second-order valence-corrected chi connectivity index (χ2v) is 5.24. The molecule has 0 bridgehead atoms. The topological polar surface area (TPSA) is 49.3 Å². The lowest BCUT2D eigenvalue weighted by Gasteiger charge is -2.06. The van der Waals surface area contributed by atoms with Crippen LogP contribution in [0.2, 0.25) is 0 Å². The molecule has 2 rings (SSSR count). The lowest BCUT2D eigenvalue weighted by Crippen LogP contribution is -2.12. The number of aliphatic hydroxyl groups excluding tert-OH is 1. The van der Waals surface area contributed by atoms with Gasteiger partial charge in [-0.25, -0.2) is 8.78 Å². The summed E-state index contributed by atoms with van der Waals surface area (Å²) in [5.74, 6) is 3.30. The van der Waals surface area contributed by atoms with E-state index in [1.165, 1.54) is 13.0 Å². The number of benzene rings is 1. The van der Waals surface area contributed by atoms with Gasteiger partial charge in [-0.3, -0.25) is 4.79 Å². The van der Waals surface area contributed by atoms with Crippen LogP contribution in [0.5, 0.6) is 0 Å². The SMILES string of the molecule is Cc1cc(F)c(NC(=O)c2ccc(C#CCO)s2)cc1F. The van der Waals surface area contributed by atoms with Gasteiger partial charge in [0.1, 0.15) is 18.2 Å². The molecule has 1 aromatic heterocycles. The molecule has 0 radical (unpaired) electrons. The largest absolute Gasteiger partial charge is 0.384 e. The van der Waals surface area contributed by atoms with Gasteiger partial charge in [-0.1, -0.05) is 11.8 Å². The Morgan fingerprint density at radius 3 is 2.81 bits per heavy atom. The van der Waals surface area contributed by atoms with Gasteiger partial charge in [0.2, 0.25) is 0 Å². The number of aliphatic hydroxyl groups is 1. The summed E-state index contributed by atoms with van der Waals surface area (Å²) in [4.78, 5) is 12.9. The number of halogens is 2. The molecular formula is C15H11F2NO2S. The lowest BCUT2D eigenvalue weighted by atomic mass is 10.2. The van der Waals surface area contributed by atoms with Crippen molar-refractivity contribution in [2.45, 2.75) is 6.92 Å². The quantitative estimate of drug-likeness (QED) is 0.838. The number of aryl methyl sites for hydroxylation is 1. The summed E-state index contributed by atoms with van der Waals surface area (Å²) in [5.41, 5.74) is -0.0392. The van der Waals surface area contributed by atoms with Crippen LogP contribution in [-0.2, 0) is 0 Å². The molecule has 0 spiro atoms. The Labute approximate surface area is 124 Å². The molecule has 3 nitrogen and oxygen atoms in total. The third-order valence-electron chi connectivity index (χ3n) is 2.62. The number of thiophene rings is 1. The third-order valence-corrected chi connectivity index (χ3v) is 3.62. The number of rotatable bonds is 2. The minimum absolute atomic E-state index is 0.170. The molecule has 0 aliphatic heterocycles. The van der Waals surface area contributed by atoms with Crippen molar-refractivity contribution in [1.29, 1.82) is 0 Å². The summed E-state index contributed by atoms with van der Waals surface area (Å²) >= 11 is 1.10. The fourth-order valence-electron chi connectivity index (χ4n) is 1.58. The highest BCUT2D eigenvalue weighted by Gasteiger charge is 2.13. The van der Waals surface area contributed by atoms with Crippen LogP contribution in [0.15, 0.2) is 24.3 Å². The van der Waals surface area contributed by atoms with Crippen LogP contribution in [-0.4, -0.2) is 17.6 Å². The monoisotopic (exact) mass is 307 g/mol. The minimum atomic E-state index is -0.695. The maximum Gasteiger partial charge on any atom is 0.265 e. The van der Waals surface area contributed by atoms with Crippen LogP contribution in [0.3, 0.4) is 0 Å². The molecule has 0 atom stereocenters. The van der Waals surface area contributed by atoms with Crippen molar-refractivity contribution in [3.8, 4) is 11.8 Å². The van der Waals surface area contributed by atoms with E-state index in [0.717, 1.165) is 23.5 Å². The molecule has 0 unspecified atom stereocenters. The van der Waals surface area contributed by atoms with Crippen molar-refractivity contribution in [3.05, 3.63) is 51.2 Å². The van der Waals surface area contributed by atoms with E-state index in [2.05, 4.69) is 17.2 Å². The van der Waals surface area contributed by atoms with E-state index in [1.807, 2.05) is 0 Å². The second kappa shape index (κ2) is 6.48. The Kier molecular flexibility index (Phi) is 4.68. The van der Waals surface area contributed by atoms with E-state index in [0.29, 0.717) is 9.75 Å². The maximum atomic E-state index is 13.7. The number of nitrogens with one attached hydrogen (secondary N) is 1. The van der Waals surface area contributed by atoms with Gasteiger partial charge in [-0.15, -0.1) is 11.3 Å². The standard InChI is InChI=1S/C15H11F2NO2S/c1-9-7-12(17)13(8-11(9)16)18-15(20)14-5-4-10(21-14)3-2-6-19/h4-5,7-8,19H,6H2,1H3,(H,18,20). The molecule has 0 saturated carbocycles. The number of hydrogen-bond acceptors (Lipinski definition) is 3. The van der Waals surface area contributed by atoms with Gasteiger partial charge < -0.3 is 10.4 Å². The van der Waals surface area contributed by atoms with Gasteiger partial charge in [0.05, 0.1) is 15.4 Å². The zero-order chi connectivity index (χ0) is 15.4. The smallest absolute Gasteiger partial charge is 0.265 e. The molecule has 2 N–H and O–H groups in total. The number of anilines is 1. The van der Waals surface area contributed by atoms with Gasteiger partial charge in [-0.05, 0) is 30.7 Å². The highest BCUT2D eigenvalue weighted by atomic mass is 32.1. The van der Waals surface area contributed by atoms with Crippen LogP contribution in [0, 0.1) is 30.4 Å². The third kappa shape index (κ3) is 3.66. The highest BCUT2D eigenvalue weighted by molar-refractivity contribution is 7.14. The van der Waals surface area contributed by atoms with Gasteiger partial charge in [0.25, 0.3) is 5.91 Å². The van der Waals surface area contributed by atoms with Crippen molar-refractivity contribution in [3.63, 3.8) is 0 Å². The first-order valence-electron chi connectivity index (χ1n) is 5.98. The first-order valence-corrected chi connectivity index (χ1v) is 6.79. The first kappa shape index (κ1) is 15.2. The van der Waals surface area contributed by atoms with E-state index < -0.39 is 17.5 Å². The molecule has 0 saturated heterocycles. The summed E-state index contributed by atoms with van der Waals surface area (Å²) in [6, 6.07) is 5.12. The minimum Gasteiger partial charge on any atom is -0.384 e. The normalized spacial score (nSPS) is 9.90. The Morgan fingerprint density at radius 2 is 2.10 bits per heavy atom. The average molecular weight is 307 g/mol. The van der Waals surface area contributed by atoms with Gasteiger partial charge in [0.15, 0.2) is 0 Å². The maximum absolute atomic E-state index is 13.7. The van der Waals surface area contributed by atoms with Crippen molar-refractivity contribution in [2.24, 2.45) is 0 Å². The zero-order valence-electron chi connectivity index (χ0n) is 11.0. The van der Waals surface area contributed by atoms with Gasteiger partial charge in [-0.2, -0.15) is 0 Å². The van der Waals surface area contributed by atoms with E-state index in [-0.39, 0.29) is 17.9 Å². The molecule has 21 heavy (non-hydrogen) atoms. The molecule has 108 valence electrons. The number of carbonyl (C=O) groups is 1. The Hall–Kier alpha value is -2.23. The van der Waals surface area contributed by atoms with Crippen LogP contribution < -0.4 is 5.32 Å². The summed E-state index contributed by atoms with van der Waals surface area (Å²) < 4.78 is 27.0. The van der Waals surface area contributed by atoms with Crippen LogP contribution in [0.25, 0.3) is 0 Å². The van der Waals surface area contributed by atoms with Gasteiger partial charge in [0, 0.05) is 6.07 Å². The number of carbonyl (C=O) groups excluding carboxylic acids is 1. The fourth-order valence-corrected chi connectivity index (χ4v) is 2.36. The van der Waals surface area contributed by atoms with Crippen molar-refractivity contribution < 1.29 is 18.7 Å². The molecule has 6 heteroatoms. The number of amides is 1. The molecular weight excluding hydrogens is 296 g/mol. The lowest BCUT2D eigenvalue weighted by molar-refractivity contribution is 0.103. The average Bonchev–Trinajstić information content (AvgIpc) is 2.91. The number of hydrogen-bond donors (Lipinski definition) is 2. The zero-order valence-corrected chi connectivity index (χ0v) is 11.9. The summed E-state index contributed by atoms with van der Waals surface area (Å²) in [7, 11) is 0. The molecule has 1 amide bonds. The Balaban J connectivity index is 2.18. The predicted molar refractivity (Wildman–Crippen MR) is 77.3 cm³/mol. The Morgan fingerprint density at radius 1 is 1.33 bits per heavy atom. The van der Waals surface area contributed by atoms with Crippen molar-refractivity contribution in [2.75, 3.05) is 11.9 Å². The van der Waals surface area contributed by atoms with Crippen molar-refractivity contribution in [1.82, 2.24) is 0 Å². The molecule has 1 heterocycles. The van der Waals surface area contributed by atoms with E-state index in [4.69, 9.17) is 5.11 Å². The van der Waals surface area contributed by atoms with Crippen molar-refractivity contribution >= 4 is 22.9 Å². The first-order chi connectivity index (χ1) is 10.0. The van der Waals surface area contributed by atoms with Crippen LogP contribution >= 0.6 is 11.3 Å². The Bertz CT molecular complexity index is 744. The highest BCUT2D eigenvalue weighted by Crippen LogP contribution is 2.21. The summed E-state index contributed by atoms with van der Waals surface area (Å²) in [5, 5.41) is 10.9. The fraction of sp³-hybridized carbons (Fsp3) is 0.133. The summed E-state index contributed by atoms with van der Waals surface area (Å²) in [6.07, 6.45) is 0. The van der Waals surface area contributed by atoms with E-state index in [9.17, 15) is 13.6 Å². The van der Waals surface area contributed by atoms with E-state index >= 15 is 0 Å². The summed E-state index contributed by atoms with van der Waals surface area (Å²) in [6.45, 7) is 1.17. The predicted octanol–water partition coefficient (Wildman–Crippen LogP) is 2.93. The molecule has 1 aromatic carbocycles. The molecule has 0 aliphatic carbocycles. The molecule has 2 aromatic rings. The van der Waals surface area contributed by atoms with E-state index in [1.54, 1.807) is 6.07 Å². The van der Waals surface area contributed by atoms with Crippen LogP contribution in [0.1, 0.15) is 20.1 Å². The second-order valence-electron chi connectivity index (χ2n) is 4.16. The van der Waals surface area contributed by atoms with Gasteiger partial charge >= 0.3 is 0 Å². The van der Waals surface area contributed by atoms with Crippen LogP contribution in [0.4, 0.5) is 14.5 Å². The molecule has 0 fully saturated rings.